The summed E-state index contributed by atoms with van der Waals surface area (Å²) in [6, 6.07) is 12.1. The Morgan fingerprint density at radius 2 is 2.00 bits per heavy atom. The van der Waals surface area contributed by atoms with Crippen LogP contribution in [0.5, 0.6) is 0 Å². The predicted molar refractivity (Wildman–Crippen MR) is 74.0 cm³/mol. The summed E-state index contributed by atoms with van der Waals surface area (Å²) in [5.41, 5.74) is 3.53. The predicted octanol–water partition coefficient (Wildman–Crippen LogP) is 2.53. The van der Waals surface area contributed by atoms with Crippen LogP contribution in [0.3, 0.4) is 0 Å². The number of nitrogens with zero attached hydrogens (tertiary/aromatic N) is 1. The van der Waals surface area contributed by atoms with E-state index in [0.29, 0.717) is 6.54 Å². The van der Waals surface area contributed by atoms with Crippen molar-refractivity contribution in [3.63, 3.8) is 0 Å². The van der Waals surface area contributed by atoms with Gasteiger partial charge in [-0.2, -0.15) is 0 Å². The lowest BCUT2D eigenvalue weighted by Crippen LogP contribution is -2.14. The van der Waals surface area contributed by atoms with Crippen molar-refractivity contribution >= 4 is 0 Å². The minimum atomic E-state index is 0.691. The third-order valence-corrected chi connectivity index (χ3v) is 2.67. The standard InChI is InChI=1S/C16H16N2/c1-14-12-18-11-9-16(14)13-17-10-5-8-15-6-3-2-4-7-15/h2-4,6-7,9,11-12,17H,10,13H2,1H3. The number of hydrogen-bond donors (Lipinski definition) is 1. The zero-order valence-electron chi connectivity index (χ0n) is 10.5. The number of hydrogen-bond acceptors (Lipinski definition) is 2. The Balaban J connectivity index is 1.81. The highest BCUT2D eigenvalue weighted by atomic mass is 14.8. The van der Waals surface area contributed by atoms with Crippen molar-refractivity contribution in [2.45, 2.75) is 13.5 Å². The molecule has 0 atom stereocenters. The quantitative estimate of drug-likeness (QED) is 0.654. The third-order valence-electron chi connectivity index (χ3n) is 2.67. The van der Waals surface area contributed by atoms with E-state index in [4.69, 9.17) is 0 Å². The summed E-state index contributed by atoms with van der Waals surface area (Å²) in [6.45, 7) is 3.59. The molecule has 18 heavy (non-hydrogen) atoms. The van der Waals surface area contributed by atoms with Gasteiger partial charge in [0.15, 0.2) is 0 Å². The van der Waals surface area contributed by atoms with Crippen LogP contribution in [0.25, 0.3) is 0 Å². The van der Waals surface area contributed by atoms with Gasteiger partial charge in [-0.25, -0.2) is 0 Å². The summed E-state index contributed by atoms with van der Waals surface area (Å²) >= 11 is 0. The molecule has 1 N–H and O–H groups in total. The van der Waals surface area contributed by atoms with E-state index >= 15 is 0 Å². The fourth-order valence-electron chi connectivity index (χ4n) is 1.63. The SMILES string of the molecule is Cc1cnccc1CNCC#Cc1ccccc1. The molecule has 0 spiro atoms. The number of nitrogens with one attached hydrogen (secondary N) is 1. The van der Waals surface area contributed by atoms with Crippen molar-refractivity contribution in [3.8, 4) is 11.8 Å². The third kappa shape index (κ3) is 3.73. The second kappa shape index (κ2) is 6.58. The summed E-state index contributed by atoms with van der Waals surface area (Å²) in [6.07, 6.45) is 3.70. The molecule has 0 aliphatic heterocycles. The lowest BCUT2D eigenvalue weighted by molar-refractivity contribution is 0.764. The van der Waals surface area contributed by atoms with Gasteiger partial charge in [0.25, 0.3) is 0 Å². The van der Waals surface area contributed by atoms with Gasteiger partial charge in [-0.3, -0.25) is 4.98 Å². The molecular weight excluding hydrogens is 220 g/mol. The van der Waals surface area contributed by atoms with Crippen LogP contribution in [-0.4, -0.2) is 11.5 Å². The average Bonchev–Trinajstić information content (AvgIpc) is 2.42. The minimum absolute atomic E-state index is 0.691. The molecule has 1 aromatic carbocycles. The van der Waals surface area contributed by atoms with Crippen LogP contribution in [-0.2, 0) is 6.54 Å². The van der Waals surface area contributed by atoms with Crippen molar-refractivity contribution in [1.29, 1.82) is 0 Å². The molecular formula is C16H16N2. The Labute approximate surface area is 108 Å². The average molecular weight is 236 g/mol. The lowest BCUT2D eigenvalue weighted by Gasteiger charge is -2.03. The first kappa shape index (κ1) is 12.3. The van der Waals surface area contributed by atoms with Crippen molar-refractivity contribution < 1.29 is 0 Å². The van der Waals surface area contributed by atoms with Gasteiger partial charge in [-0.1, -0.05) is 30.0 Å². The highest BCUT2D eigenvalue weighted by molar-refractivity contribution is 5.33. The topological polar surface area (TPSA) is 24.9 Å². The van der Waals surface area contributed by atoms with Crippen molar-refractivity contribution in [2.75, 3.05) is 6.54 Å². The summed E-state index contributed by atoms with van der Waals surface area (Å²) in [5, 5.41) is 3.31. The van der Waals surface area contributed by atoms with E-state index in [2.05, 4.69) is 29.1 Å². The lowest BCUT2D eigenvalue weighted by atomic mass is 10.1. The highest BCUT2D eigenvalue weighted by Gasteiger charge is 1.95. The van der Waals surface area contributed by atoms with E-state index in [1.54, 1.807) is 0 Å². The van der Waals surface area contributed by atoms with Crippen LogP contribution in [0.1, 0.15) is 16.7 Å². The summed E-state index contributed by atoms with van der Waals surface area (Å²) in [4.78, 5) is 4.07. The maximum atomic E-state index is 4.07. The maximum absolute atomic E-state index is 4.07. The molecule has 1 heterocycles. The summed E-state index contributed by atoms with van der Waals surface area (Å²) < 4.78 is 0. The second-order valence-electron chi connectivity index (χ2n) is 4.07. The van der Waals surface area contributed by atoms with Crippen molar-refractivity contribution in [2.24, 2.45) is 0 Å². The van der Waals surface area contributed by atoms with Gasteiger partial charge in [-0.15, -0.1) is 0 Å². The van der Waals surface area contributed by atoms with Crippen LogP contribution in [0.2, 0.25) is 0 Å². The van der Waals surface area contributed by atoms with Gasteiger partial charge < -0.3 is 5.32 Å². The van der Waals surface area contributed by atoms with Gasteiger partial charge in [0, 0.05) is 24.5 Å². The molecule has 2 nitrogen and oxygen atoms in total. The van der Waals surface area contributed by atoms with E-state index in [1.165, 1.54) is 11.1 Å². The molecule has 0 unspecified atom stereocenters. The molecule has 0 radical (unpaired) electrons. The maximum Gasteiger partial charge on any atom is 0.0582 e. The monoisotopic (exact) mass is 236 g/mol. The molecule has 0 aliphatic carbocycles. The van der Waals surface area contributed by atoms with Gasteiger partial charge in [0.05, 0.1) is 6.54 Å². The number of rotatable bonds is 3. The molecule has 0 saturated carbocycles. The van der Waals surface area contributed by atoms with Crippen molar-refractivity contribution in [3.05, 3.63) is 65.5 Å². The first-order chi connectivity index (χ1) is 8.86. The van der Waals surface area contributed by atoms with Crippen LogP contribution >= 0.6 is 0 Å². The van der Waals surface area contributed by atoms with Crippen LogP contribution in [0, 0.1) is 18.8 Å². The Hall–Kier alpha value is -2.11. The van der Waals surface area contributed by atoms with E-state index in [-0.39, 0.29) is 0 Å². The Kier molecular flexibility index (Phi) is 4.52. The van der Waals surface area contributed by atoms with E-state index in [1.807, 2.05) is 48.8 Å². The largest absolute Gasteiger partial charge is 0.302 e. The first-order valence-corrected chi connectivity index (χ1v) is 6.00. The van der Waals surface area contributed by atoms with Crippen LogP contribution in [0.15, 0.2) is 48.8 Å². The zero-order valence-corrected chi connectivity index (χ0v) is 10.5. The highest BCUT2D eigenvalue weighted by Crippen LogP contribution is 2.03. The molecule has 2 heteroatoms. The summed E-state index contributed by atoms with van der Waals surface area (Å²) in [7, 11) is 0. The normalized spacial score (nSPS) is 9.61. The molecule has 2 aromatic rings. The van der Waals surface area contributed by atoms with E-state index in [0.717, 1.165) is 12.1 Å². The second-order valence-corrected chi connectivity index (χ2v) is 4.07. The molecule has 0 saturated heterocycles. The fraction of sp³-hybridized carbons (Fsp3) is 0.188. The van der Waals surface area contributed by atoms with Gasteiger partial charge in [0.1, 0.15) is 0 Å². The minimum Gasteiger partial charge on any atom is -0.302 e. The van der Waals surface area contributed by atoms with E-state index in [9.17, 15) is 0 Å². The Bertz CT molecular complexity index is 550. The van der Waals surface area contributed by atoms with Crippen LogP contribution < -0.4 is 5.32 Å². The Morgan fingerprint density at radius 3 is 2.78 bits per heavy atom. The van der Waals surface area contributed by atoms with Crippen molar-refractivity contribution in [1.82, 2.24) is 10.3 Å². The number of aryl methyl sites for hydroxylation is 1. The molecule has 90 valence electrons. The Morgan fingerprint density at radius 1 is 1.17 bits per heavy atom. The zero-order chi connectivity index (χ0) is 12.6. The number of pyridine rings is 1. The first-order valence-electron chi connectivity index (χ1n) is 6.00. The molecule has 2 rings (SSSR count). The number of benzene rings is 1. The van der Waals surface area contributed by atoms with Gasteiger partial charge >= 0.3 is 0 Å². The molecule has 0 bridgehead atoms. The van der Waals surface area contributed by atoms with Gasteiger partial charge in [0.2, 0.25) is 0 Å². The molecule has 0 aliphatic rings. The number of aromatic nitrogens is 1. The van der Waals surface area contributed by atoms with Gasteiger partial charge in [-0.05, 0) is 36.2 Å². The van der Waals surface area contributed by atoms with E-state index < -0.39 is 0 Å². The fourth-order valence-corrected chi connectivity index (χ4v) is 1.63. The smallest absolute Gasteiger partial charge is 0.0582 e. The summed E-state index contributed by atoms with van der Waals surface area (Å²) in [5.74, 6) is 6.24. The molecule has 1 aromatic heterocycles. The van der Waals surface area contributed by atoms with Crippen LogP contribution in [0.4, 0.5) is 0 Å². The molecule has 0 amide bonds. The molecule has 0 fully saturated rings.